The summed E-state index contributed by atoms with van der Waals surface area (Å²) in [6, 6.07) is 9.91. The highest BCUT2D eigenvalue weighted by Gasteiger charge is 2.38. The molecule has 28 heavy (non-hydrogen) atoms. The summed E-state index contributed by atoms with van der Waals surface area (Å²) < 4.78 is 5.83. The summed E-state index contributed by atoms with van der Waals surface area (Å²) in [6.45, 7) is 3.65. The molecule has 7 nitrogen and oxygen atoms in total. The molecule has 2 saturated heterocycles. The van der Waals surface area contributed by atoms with Crippen LogP contribution in [0.15, 0.2) is 42.7 Å². The van der Waals surface area contributed by atoms with Gasteiger partial charge in [-0.3, -0.25) is 9.59 Å². The highest BCUT2D eigenvalue weighted by atomic mass is 16.5. The molecule has 2 aromatic rings. The van der Waals surface area contributed by atoms with Crippen LogP contribution in [-0.4, -0.2) is 52.4 Å². The number of hydrogen-bond acceptors (Lipinski definition) is 5. The fraction of sp³-hybridized carbons (Fsp3) is 0.429. The third-order valence-electron chi connectivity index (χ3n) is 5.32. The third kappa shape index (κ3) is 3.98. The molecule has 7 heteroatoms. The Bertz CT molecular complexity index is 840. The molecule has 3 heterocycles. The van der Waals surface area contributed by atoms with E-state index in [4.69, 9.17) is 4.74 Å². The standard InChI is InChI=1S/C21H24N4O3/c1-15-5-7-17(8-6-15)25-13-16(12-19(25)26)20(27)24-11-2-4-18(14-24)28-21-22-9-3-10-23-21/h3,5-10,16,18H,2,4,11-14H2,1H3. The Morgan fingerprint density at radius 2 is 1.89 bits per heavy atom. The molecule has 2 aliphatic rings. The molecule has 2 atom stereocenters. The SMILES string of the molecule is Cc1ccc(N2CC(C(=O)N3CCCC(Oc4ncccn4)C3)CC2=O)cc1. The van der Waals surface area contributed by atoms with Gasteiger partial charge in [0.1, 0.15) is 6.10 Å². The van der Waals surface area contributed by atoms with E-state index >= 15 is 0 Å². The van der Waals surface area contributed by atoms with Crippen molar-refractivity contribution < 1.29 is 14.3 Å². The van der Waals surface area contributed by atoms with Crippen LogP contribution in [0.4, 0.5) is 5.69 Å². The van der Waals surface area contributed by atoms with Crippen LogP contribution in [0.2, 0.25) is 0 Å². The number of ether oxygens (including phenoxy) is 1. The van der Waals surface area contributed by atoms with Crippen LogP contribution in [0.25, 0.3) is 0 Å². The van der Waals surface area contributed by atoms with Gasteiger partial charge in [0.25, 0.3) is 0 Å². The first-order valence-electron chi connectivity index (χ1n) is 9.69. The maximum atomic E-state index is 13.0. The molecule has 4 rings (SSSR count). The van der Waals surface area contributed by atoms with Crippen LogP contribution in [0, 0.1) is 12.8 Å². The maximum absolute atomic E-state index is 13.0. The average molecular weight is 380 g/mol. The van der Waals surface area contributed by atoms with Crippen molar-refractivity contribution in [2.45, 2.75) is 32.3 Å². The van der Waals surface area contributed by atoms with Crippen LogP contribution in [0.5, 0.6) is 6.01 Å². The number of aryl methyl sites for hydroxylation is 1. The van der Waals surface area contributed by atoms with Crippen molar-refractivity contribution >= 4 is 17.5 Å². The van der Waals surface area contributed by atoms with Gasteiger partial charge in [0.05, 0.1) is 12.5 Å². The lowest BCUT2D eigenvalue weighted by atomic mass is 10.0. The Morgan fingerprint density at radius 3 is 2.64 bits per heavy atom. The van der Waals surface area contributed by atoms with Gasteiger partial charge in [-0.15, -0.1) is 0 Å². The number of rotatable bonds is 4. The fourth-order valence-electron chi connectivity index (χ4n) is 3.84. The number of carbonyl (C=O) groups excluding carboxylic acids is 2. The lowest BCUT2D eigenvalue weighted by Crippen LogP contribution is -2.47. The van der Waals surface area contributed by atoms with Gasteiger partial charge in [0.2, 0.25) is 11.8 Å². The second-order valence-electron chi connectivity index (χ2n) is 7.44. The lowest BCUT2D eigenvalue weighted by Gasteiger charge is -2.33. The third-order valence-corrected chi connectivity index (χ3v) is 5.32. The molecule has 0 aliphatic carbocycles. The Hall–Kier alpha value is -2.96. The van der Waals surface area contributed by atoms with Gasteiger partial charge in [-0.2, -0.15) is 0 Å². The summed E-state index contributed by atoms with van der Waals surface area (Å²) in [7, 11) is 0. The Labute approximate surface area is 164 Å². The Kier molecular flexibility index (Phi) is 5.23. The Balaban J connectivity index is 1.38. The zero-order chi connectivity index (χ0) is 19.5. The van der Waals surface area contributed by atoms with E-state index in [0.29, 0.717) is 25.6 Å². The molecule has 2 aliphatic heterocycles. The van der Waals surface area contributed by atoms with E-state index in [-0.39, 0.29) is 30.3 Å². The van der Waals surface area contributed by atoms with Gasteiger partial charge in [-0.25, -0.2) is 9.97 Å². The molecular formula is C21H24N4O3. The Morgan fingerprint density at radius 1 is 1.14 bits per heavy atom. The van der Waals surface area contributed by atoms with Crippen molar-refractivity contribution in [2.24, 2.45) is 5.92 Å². The minimum Gasteiger partial charge on any atom is -0.458 e. The van der Waals surface area contributed by atoms with E-state index < -0.39 is 0 Å². The molecule has 0 bridgehead atoms. The van der Waals surface area contributed by atoms with Gasteiger partial charge < -0.3 is 14.5 Å². The normalized spacial score (nSPS) is 22.4. The predicted octanol–water partition coefficient (Wildman–Crippen LogP) is 2.21. The maximum Gasteiger partial charge on any atom is 0.316 e. The first-order valence-corrected chi connectivity index (χ1v) is 9.69. The zero-order valence-electron chi connectivity index (χ0n) is 16.0. The molecule has 0 saturated carbocycles. The number of carbonyl (C=O) groups is 2. The highest BCUT2D eigenvalue weighted by Crippen LogP contribution is 2.27. The number of benzene rings is 1. The smallest absolute Gasteiger partial charge is 0.316 e. The van der Waals surface area contributed by atoms with Crippen molar-refractivity contribution in [3.8, 4) is 6.01 Å². The number of amides is 2. The van der Waals surface area contributed by atoms with Gasteiger partial charge >= 0.3 is 6.01 Å². The minimum absolute atomic E-state index is 0.00435. The molecule has 0 N–H and O–H groups in total. The second-order valence-corrected chi connectivity index (χ2v) is 7.44. The van der Waals surface area contributed by atoms with Crippen molar-refractivity contribution in [2.75, 3.05) is 24.5 Å². The quantitative estimate of drug-likeness (QED) is 0.813. The molecule has 0 radical (unpaired) electrons. The van der Waals surface area contributed by atoms with Crippen LogP contribution in [0.3, 0.4) is 0 Å². The number of aromatic nitrogens is 2. The van der Waals surface area contributed by atoms with Crippen molar-refractivity contribution in [1.29, 1.82) is 0 Å². The molecule has 1 aromatic carbocycles. The monoisotopic (exact) mass is 380 g/mol. The molecule has 0 spiro atoms. The van der Waals surface area contributed by atoms with E-state index in [1.165, 1.54) is 0 Å². The van der Waals surface area contributed by atoms with Crippen molar-refractivity contribution in [1.82, 2.24) is 14.9 Å². The highest BCUT2D eigenvalue weighted by molar-refractivity contribution is 6.00. The van der Waals surface area contributed by atoms with Gasteiger partial charge in [0.15, 0.2) is 0 Å². The summed E-state index contributed by atoms with van der Waals surface area (Å²) in [6.07, 6.45) is 5.14. The average Bonchev–Trinajstić information content (AvgIpc) is 3.10. The second kappa shape index (κ2) is 7.96. The van der Waals surface area contributed by atoms with Gasteiger partial charge in [-0.05, 0) is 38.0 Å². The number of anilines is 1. The molecule has 2 amide bonds. The molecule has 146 valence electrons. The van der Waals surface area contributed by atoms with E-state index in [1.807, 2.05) is 36.1 Å². The van der Waals surface area contributed by atoms with E-state index in [1.54, 1.807) is 23.4 Å². The molecule has 1 aromatic heterocycles. The number of piperidine rings is 1. The van der Waals surface area contributed by atoms with E-state index in [2.05, 4.69) is 9.97 Å². The van der Waals surface area contributed by atoms with Gasteiger partial charge in [-0.1, -0.05) is 17.7 Å². The summed E-state index contributed by atoms with van der Waals surface area (Å²) in [5.41, 5.74) is 2.00. The largest absolute Gasteiger partial charge is 0.458 e. The lowest BCUT2D eigenvalue weighted by molar-refractivity contribution is -0.138. The van der Waals surface area contributed by atoms with Crippen LogP contribution in [-0.2, 0) is 9.59 Å². The zero-order valence-corrected chi connectivity index (χ0v) is 16.0. The first-order chi connectivity index (χ1) is 13.6. The fourth-order valence-corrected chi connectivity index (χ4v) is 3.84. The van der Waals surface area contributed by atoms with Crippen LogP contribution < -0.4 is 9.64 Å². The number of likely N-dealkylation sites (tertiary alicyclic amines) is 1. The molecular weight excluding hydrogens is 356 g/mol. The number of nitrogens with zero attached hydrogens (tertiary/aromatic N) is 4. The summed E-state index contributed by atoms with van der Waals surface area (Å²) in [5, 5.41) is 0. The van der Waals surface area contributed by atoms with E-state index in [9.17, 15) is 9.59 Å². The van der Waals surface area contributed by atoms with Crippen LogP contribution in [0.1, 0.15) is 24.8 Å². The minimum atomic E-state index is -0.305. The molecule has 2 unspecified atom stereocenters. The number of hydrogen-bond donors (Lipinski definition) is 0. The topological polar surface area (TPSA) is 75.6 Å². The van der Waals surface area contributed by atoms with Crippen molar-refractivity contribution in [3.05, 3.63) is 48.3 Å². The van der Waals surface area contributed by atoms with Gasteiger partial charge in [0, 0.05) is 37.6 Å². The van der Waals surface area contributed by atoms with Crippen molar-refractivity contribution in [3.63, 3.8) is 0 Å². The predicted molar refractivity (Wildman–Crippen MR) is 104 cm³/mol. The van der Waals surface area contributed by atoms with Crippen LogP contribution >= 0.6 is 0 Å². The first kappa shape index (κ1) is 18.4. The van der Waals surface area contributed by atoms with E-state index in [0.717, 1.165) is 24.1 Å². The summed E-state index contributed by atoms with van der Waals surface area (Å²) >= 11 is 0. The summed E-state index contributed by atoms with van der Waals surface area (Å²) in [5.74, 6) is -0.268. The summed E-state index contributed by atoms with van der Waals surface area (Å²) in [4.78, 5) is 37.2. The molecule has 2 fully saturated rings.